The maximum absolute atomic E-state index is 13.1. The fourth-order valence-electron chi connectivity index (χ4n) is 4.55. The number of halogens is 1. The molecular formula is C26H30ClN5O2. The van der Waals surface area contributed by atoms with Crippen LogP contribution >= 0.6 is 11.6 Å². The lowest BCUT2D eigenvalue weighted by Crippen LogP contribution is -2.45. The first-order valence-corrected chi connectivity index (χ1v) is 12.2. The summed E-state index contributed by atoms with van der Waals surface area (Å²) in [6.07, 6.45) is 5.99. The summed E-state index contributed by atoms with van der Waals surface area (Å²) >= 11 is 6.34. The molecular weight excluding hydrogens is 450 g/mol. The number of nitrogens with zero attached hydrogens (tertiary/aromatic N) is 4. The van der Waals surface area contributed by atoms with Crippen molar-refractivity contribution in [2.75, 3.05) is 18.0 Å². The molecule has 1 amide bonds. The summed E-state index contributed by atoms with van der Waals surface area (Å²) in [5.41, 5.74) is 4.43. The lowest BCUT2D eigenvalue weighted by Gasteiger charge is -2.36. The first-order chi connectivity index (χ1) is 16.4. The quantitative estimate of drug-likeness (QED) is 0.557. The Morgan fingerprint density at radius 1 is 1.15 bits per heavy atom. The largest absolute Gasteiger partial charge is 0.372 e. The molecule has 3 heterocycles. The average molecular weight is 480 g/mol. The van der Waals surface area contributed by atoms with Crippen molar-refractivity contribution in [2.24, 2.45) is 0 Å². The minimum absolute atomic E-state index is 0.119. The van der Waals surface area contributed by atoms with Crippen LogP contribution in [0.25, 0.3) is 5.69 Å². The highest BCUT2D eigenvalue weighted by atomic mass is 35.5. The molecule has 178 valence electrons. The van der Waals surface area contributed by atoms with Crippen molar-refractivity contribution in [3.05, 3.63) is 70.1 Å². The second kappa shape index (κ2) is 9.39. The standard InChI is InChI=1S/C26H30ClN5O2/c1-16-4-8-21(10-23(16)27)32-25(20-6-7-20)22(13-30-32)26(33)29-12-19-5-9-24(28-11-19)31-14-17(2)34-18(3)15-31/h4-5,8-11,13,17-18,20H,6-7,12,14-15H2,1-3H3,(H,29,33). The molecule has 8 heteroatoms. The molecule has 2 unspecified atom stereocenters. The second-order valence-corrected chi connectivity index (χ2v) is 9.84. The van der Waals surface area contributed by atoms with Crippen molar-refractivity contribution >= 4 is 23.3 Å². The number of carbonyl (C=O) groups is 1. The zero-order valence-corrected chi connectivity index (χ0v) is 20.5. The van der Waals surface area contributed by atoms with Gasteiger partial charge in [0, 0.05) is 36.8 Å². The van der Waals surface area contributed by atoms with Crippen molar-refractivity contribution < 1.29 is 9.53 Å². The van der Waals surface area contributed by atoms with Gasteiger partial charge in [-0.25, -0.2) is 9.67 Å². The van der Waals surface area contributed by atoms with Gasteiger partial charge in [-0.05, 0) is 62.9 Å². The topological polar surface area (TPSA) is 72.3 Å². The lowest BCUT2D eigenvalue weighted by molar-refractivity contribution is -0.00546. The molecule has 2 fully saturated rings. The van der Waals surface area contributed by atoms with Crippen LogP contribution in [0.1, 0.15) is 59.8 Å². The van der Waals surface area contributed by atoms with E-state index in [-0.39, 0.29) is 18.1 Å². The van der Waals surface area contributed by atoms with Gasteiger partial charge in [-0.3, -0.25) is 4.79 Å². The van der Waals surface area contributed by atoms with E-state index in [1.807, 2.05) is 48.1 Å². The van der Waals surface area contributed by atoms with Crippen molar-refractivity contribution in [3.63, 3.8) is 0 Å². The van der Waals surface area contributed by atoms with Crippen LogP contribution in [0.2, 0.25) is 5.02 Å². The number of hydrogen-bond donors (Lipinski definition) is 1. The molecule has 1 aliphatic heterocycles. The molecule has 34 heavy (non-hydrogen) atoms. The SMILES string of the molecule is Cc1ccc(-n2ncc(C(=O)NCc3ccc(N4CC(C)OC(C)C4)nc3)c2C2CC2)cc1Cl. The second-order valence-electron chi connectivity index (χ2n) is 9.43. The molecule has 7 nitrogen and oxygen atoms in total. The van der Waals surface area contributed by atoms with Gasteiger partial charge in [0.1, 0.15) is 5.82 Å². The average Bonchev–Trinajstić information content (AvgIpc) is 3.56. The number of rotatable bonds is 6. The zero-order chi connectivity index (χ0) is 23.8. The van der Waals surface area contributed by atoms with E-state index >= 15 is 0 Å². The molecule has 2 aliphatic rings. The number of carbonyl (C=O) groups excluding carboxylic acids is 1. The van der Waals surface area contributed by atoms with Gasteiger partial charge in [-0.15, -0.1) is 0 Å². The van der Waals surface area contributed by atoms with Gasteiger partial charge in [0.05, 0.1) is 35.3 Å². The van der Waals surface area contributed by atoms with Crippen molar-refractivity contribution in [1.82, 2.24) is 20.1 Å². The highest BCUT2D eigenvalue weighted by Crippen LogP contribution is 2.42. The lowest BCUT2D eigenvalue weighted by atomic mass is 10.1. The highest BCUT2D eigenvalue weighted by Gasteiger charge is 2.33. The van der Waals surface area contributed by atoms with E-state index in [4.69, 9.17) is 16.3 Å². The number of ether oxygens (including phenoxy) is 1. The van der Waals surface area contributed by atoms with Crippen LogP contribution < -0.4 is 10.2 Å². The normalized spacial score (nSPS) is 20.4. The number of benzene rings is 1. The van der Waals surface area contributed by atoms with Gasteiger partial charge in [0.15, 0.2) is 0 Å². The van der Waals surface area contributed by atoms with E-state index in [0.717, 1.165) is 54.3 Å². The molecule has 5 rings (SSSR count). The Bertz CT molecular complexity index is 1180. The molecule has 1 aliphatic carbocycles. The highest BCUT2D eigenvalue weighted by molar-refractivity contribution is 6.31. The van der Waals surface area contributed by atoms with Crippen LogP contribution in [0.4, 0.5) is 5.82 Å². The maximum atomic E-state index is 13.1. The van der Waals surface area contributed by atoms with Gasteiger partial charge >= 0.3 is 0 Å². The number of amides is 1. The molecule has 1 N–H and O–H groups in total. The molecule has 1 saturated heterocycles. The van der Waals surface area contributed by atoms with E-state index in [1.165, 1.54) is 0 Å². The summed E-state index contributed by atoms with van der Waals surface area (Å²) in [7, 11) is 0. The zero-order valence-electron chi connectivity index (χ0n) is 19.8. The Kier molecular flexibility index (Phi) is 6.32. The summed E-state index contributed by atoms with van der Waals surface area (Å²) in [6.45, 7) is 8.20. The Balaban J connectivity index is 1.28. The smallest absolute Gasteiger partial charge is 0.255 e. The number of nitrogens with one attached hydrogen (secondary N) is 1. The molecule has 2 aromatic heterocycles. The van der Waals surface area contributed by atoms with Crippen LogP contribution in [-0.2, 0) is 11.3 Å². The third kappa shape index (κ3) is 4.81. The van der Waals surface area contributed by atoms with Gasteiger partial charge in [-0.1, -0.05) is 23.7 Å². The van der Waals surface area contributed by atoms with Crippen LogP contribution in [0, 0.1) is 6.92 Å². The number of hydrogen-bond acceptors (Lipinski definition) is 5. The molecule has 0 radical (unpaired) electrons. The molecule has 1 aromatic carbocycles. The Morgan fingerprint density at radius 2 is 1.91 bits per heavy atom. The Hall–Kier alpha value is -2.90. The third-order valence-corrected chi connectivity index (χ3v) is 6.83. The summed E-state index contributed by atoms with van der Waals surface area (Å²) < 4.78 is 7.67. The van der Waals surface area contributed by atoms with Crippen molar-refractivity contribution in [3.8, 4) is 5.69 Å². The number of morpholine rings is 1. The monoisotopic (exact) mass is 479 g/mol. The predicted molar refractivity (Wildman–Crippen MR) is 133 cm³/mol. The molecule has 3 aromatic rings. The molecule has 0 spiro atoms. The molecule has 0 bridgehead atoms. The van der Waals surface area contributed by atoms with Gasteiger partial charge in [-0.2, -0.15) is 5.10 Å². The Labute approximate surface area is 205 Å². The first kappa shape index (κ1) is 22.9. The maximum Gasteiger partial charge on any atom is 0.255 e. The molecule has 1 saturated carbocycles. The summed E-state index contributed by atoms with van der Waals surface area (Å²) in [5, 5.41) is 8.28. The number of anilines is 1. The first-order valence-electron chi connectivity index (χ1n) is 11.9. The third-order valence-electron chi connectivity index (χ3n) is 6.42. The van der Waals surface area contributed by atoms with E-state index in [2.05, 4.69) is 34.1 Å². The number of aryl methyl sites for hydroxylation is 1. The number of aromatic nitrogens is 3. The minimum Gasteiger partial charge on any atom is -0.372 e. The van der Waals surface area contributed by atoms with Crippen molar-refractivity contribution in [2.45, 2.75) is 58.3 Å². The van der Waals surface area contributed by atoms with E-state index in [1.54, 1.807) is 6.20 Å². The van der Waals surface area contributed by atoms with E-state index in [9.17, 15) is 4.79 Å². The van der Waals surface area contributed by atoms with Crippen LogP contribution in [0.5, 0.6) is 0 Å². The molecule has 2 atom stereocenters. The van der Waals surface area contributed by atoms with Crippen molar-refractivity contribution in [1.29, 1.82) is 0 Å². The van der Waals surface area contributed by atoms with Gasteiger partial charge in [0.2, 0.25) is 0 Å². The van der Waals surface area contributed by atoms with E-state index in [0.29, 0.717) is 23.0 Å². The van der Waals surface area contributed by atoms with Gasteiger partial charge in [0.25, 0.3) is 5.91 Å². The van der Waals surface area contributed by atoms with Crippen LogP contribution in [0.15, 0.2) is 42.7 Å². The minimum atomic E-state index is -0.119. The van der Waals surface area contributed by atoms with Crippen LogP contribution in [0.3, 0.4) is 0 Å². The van der Waals surface area contributed by atoms with Crippen LogP contribution in [-0.4, -0.2) is 46.0 Å². The van der Waals surface area contributed by atoms with E-state index < -0.39 is 0 Å². The fraction of sp³-hybridized carbons (Fsp3) is 0.423. The summed E-state index contributed by atoms with van der Waals surface area (Å²) in [6, 6.07) is 9.91. The fourth-order valence-corrected chi connectivity index (χ4v) is 4.73. The predicted octanol–water partition coefficient (Wildman–Crippen LogP) is 4.65. The number of pyridine rings is 1. The summed E-state index contributed by atoms with van der Waals surface area (Å²) in [5.74, 6) is 1.17. The summed E-state index contributed by atoms with van der Waals surface area (Å²) in [4.78, 5) is 20.0. The van der Waals surface area contributed by atoms with Gasteiger partial charge < -0.3 is 15.0 Å². The Morgan fingerprint density at radius 3 is 2.56 bits per heavy atom.